The van der Waals surface area contributed by atoms with E-state index in [1.807, 2.05) is 32.2 Å². The first-order valence-corrected chi connectivity index (χ1v) is 7.69. The molecule has 0 fully saturated rings. The number of hydrogen-bond acceptors (Lipinski definition) is 4. The Labute approximate surface area is 139 Å². The Morgan fingerprint density at radius 2 is 2.00 bits per heavy atom. The molecule has 0 unspecified atom stereocenters. The summed E-state index contributed by atoms with van der Waals surface area (Å²) in [6, 6.07) is 7.15. The number of H-pyrrole nitrogens is 1. The number of nitrogens with two attached hydrogens (primary N) is 1. The number of nitrogens with zero attached hydrogens (tertiary/aromatic N) is 3. The Bertz CT molecular complexity index is 879. The number of hydrogen-bond donors (Lipinski definition) is 4. The molecule has 2 heterocycles. The highest BCUT2D eigenvalue weighted by Crippen LogP contribution is 2.23. The van der Waals surface area contributed by atoms with Crippen molar-refractivity contribution in [3.8, 4) is 5.75 Å². The maximum Gasteiger partial charge on any atom is 0.229 e. The van der Waals surface area contributed by atoms with E-state index in [-0.39, 0.29) is 11.7 Å². The van der Waals surface area contributed by atoms with Gasteiger partial charge in [-0.25, -0.2) is 9.97 Å². The van der Waals surface area contributed by atoms with Gasteiger partial charge in [-0.05, 0) is 50.1 Å². The van der Waals surface area contributed by atoms with Crippen LogP contribution in [0.1, 0.15) is 17.0 Å². The Kier molecular flexibility index (Phi) is 4.33. The Hall–Kier alpha value is -3.09. The van der Waals surface area contributed by atoms with Crippen LogP contribution in [0.5, 0.6) is 5.75 Å². The summed E-state index contributed by atoms with van der Waals surface area (Å²) >= 11 is 0. The lowest BCUT2D eigenvalue weighted by Crippen LogP contribution is -2.24. The zero-order valence-corrected chi connectivity index (χ0v) is 13.7. The van der Waals surface area contributed by atoms with Gasteiger partial charge in [-0.15, -0.1) is 0 Å². The van der Waals surface area contributed by atoms with Crippen molar-refractivity contribution in [2.24, 2.45) is 10.7 Å². The normalized spacial score (nSPS) is 11.8. The molecule has 0 radical (unpaired) electrons. The van der Waals surface area contributed by atoms with Crippen LogP contribution in [0, 0.1) is 13.8 Å². The van der Waals surface area contributed by atoms with Gasteiger partial charge in [0.25, 0.3) is 0 Å². The van der Waals surface area contributed by atoms with Crippen LogP contribution in [0.25, 0.3) is 10.9 Å². The summed E-state index contributed by atoms with van der Waals surface area (Å²) in [5.41, 5.74) is 9.71. The number of anilines is 1. The number of aromatic hydroxyl groups is 1. The molecule has 2 aromatic heterocycles. The molecule has 5 N–H and O–H groups in total. The molecule has 0 bridgehead atoms. The molecule has 0 aliphatic heterocycles. The van der Waals surface area contributed by atoms with Crippen molar-refractivity contribution < 1.29 is 5.11 Å². The largest absolute Gasteiger partial charge is 0.508 e. The fourth-order valence-electron chi connectivity index (χ4n) is 2.61. The number of rotatable bonds is 4. The van der Waals surface area contributed by atoms with E-state index in [1.54, 1.807) is 12.1 Å². The monoisotopic (exact) mass is 324 g/mol. The first kappa shape index (κ1) is 15.8. The van der Waals surface area contributed by atoms with Gasteiger partial charge in [-0.2, -0.15) is 0 Å². The summed E-state index contributed by atoms with van der Waals surface area (Å²) < 4.78 is 0. The lowest BCUT2D eigenvalue weighted by atomic mass is 10.1. The van der Waals surface area contributed by atoms with Crippen molar-refractivity contribution in [1.29, 1.82) is 0 Å². The van der Waals surface area contributed by atoms with E-state index < -0.39 is 0 Å². The van der Waals surface area contributed by atoms with E-state index >= 15 is 0 Å². The van der Waals surface area contributed by atoms with Crippen molar-refractivity contribution in [2.75, 3.05) is 11.9 Å². The first-order chi connectivity index (χ1) is 11.5. The van der Waals surface area contributed by atoms with Crippen LogP contribution in [0.4, 0.5) is 5.95 Å². The highest BCUT2D eigenvalue weighted by atomic mass is 16.3. The smallest absolute Gasteiger partial charge is 0.229 e. The number of aryl methyl sites for hydroxylation is 2. The SMILES string of the molecule is Cc1cc(C)nc(NC(N)=NCCc2c[nH]c3ccc(O)cc23)n1. The van der Waals surface area contributed by atoms with Crippen molar-refractivity contribution >= 4 is 22.8 Å². The van der Waals surface area contributed by atoms with Crippen molar-refractivity contribution in [2.45, 2.75) is 20.3 Å². The second-order valence-corrected chi connectivity index (χ2v) is 5.66. The minimum absolute atomic E-state index is 0.250. The second kappa shape index (κ2) is 6.57. The molecular weight excluding hydrogens is 304 g/mol. The van der Waals surface area contributed by atoms with Crippen LogP contribution in [-0.4, -0.2) is 32.6 Å². The molecular formula is C17H20N6O. The molecule has 1 aromatic carbocycles. The molecule has 24 heavy (non-hydrogen) atoms. The molecule has 0 amide bonds. The maximum atomic E-state index is 9.61. The molecule has 0 saturated heterocycles. The van der Waals surface area contributed by atoms with Crippen LogP contribution in [0.15, 0.2) is 35.5 Å². The third kappa shape index (κ3) is 3.62. The number of guanidine groups is 1. The molecule has 124 valence electrons. The minimum Gasteiger partial charge on any atom is -0.508 e. The van der Waals surface area contributed by atoms with Crippen LogP contribution in [0.2, 0.25) is 0 Å². The number of aromatic amines is 1. The zero-order valence-electron chi connectivity index (χ0n) is 13.7. The van der Waals surface area contributed by atoms with E-state index in [4.69, 9.17) is 5.73 Å². The quantitative estimate of drug-likeness (QED) is 0.434. The zero-order chi connectivity index (χ0) is 17.1. The van der Waals surface area contributed by atoms with Gasteiger partial charge >= 0.3 is 0 Å². The summed E-state index contributed by atoms with van der Waals surface area (Å²) in [7, 11) is 0. The summed E-state index contributed by atoms with van der Waals surface area (Å²) in [5.74, 6) is 0.980. The van der Waals surface area contributed by atoms with Gasteiger partial charge in [0.15, 0.2) is 5.96 Å². The minimum atomic E-state index is 0.250. The summed E-state index contributed by atoms with van der Waals surface area (Å²) in [6.45, 7) is 4.32. The molecule has 0 aliphatic rings. The van der Waals surface area contributed by atoms with Crippen molar-refractivity contribution in [3.05, 3.63) is 47.4 Å². The first-order valence-electron chi connectivity index (χ1n) is 7.69. The van der Waals surface area contributed by atoms with Gasteiger partial charge in [0, 0.05) is 35.0 Å². The number of fused-ring (bicyclic) bond motifs is 1. The summed E-state index contributed by atoms with van der Waals surface area (Å²) in [4.78, 5) is 16.0. The predicted molar refractivity (Wildman–Crippen MR) is 95.3 cm³/mol. The third-order valence-electron chi connectivity index (χ3n) is 3.64. The molecule has 3 aromatic rings. The average Bonchev–Trinajstić information content (AvgIpc) is 2.88. The number of benzene rings is 1. The molecule has 0 spiro atoms. The standard InChI is InChI=1S/C17H20N6O/c1-10-7-11(2)22-17(21-10)23-16(18)19-6-5-12-9-20-15-4-3-13(24)8-14(12)15/h3-4,7-9,20,24H,5-6H2,1-2H3,(H3,18,19,21,22,23). The van der Waals surface area contributed by atoms with Gasteiger partial charge in [0.2, 0.25) is 5.95 Å². The van der Waals surface area contributed by atoms with Crippen LogP contribution < -0.4 is 11.1 Å². The van der Waals surface area contributed by atoms with Gasteiger partial charge in [-0.3, -0.25) is 10.3 Å². The van der Waals surface area contributed by atoms with Gasteiger partial charge in [-0.1, -0.05) is 0 Å². The predicted octanol–water partition coefficient (Wildman–Crippen LogP) is 2.25. The summed E-state index contributed by atoms with van der Waals surface area (Å²) in [5, 5.41) is 13.5. The molecule has 0 atom stereocenters. The van der Waals surface area contributed by atoms with E-state index in [9.17, 15) is 5.11 Å². The third-order valence-corrected chi connectivity index (χ3v) is 3.64. The number of nitrogens with one attached hydrogen (secondary N) is 2. The van der Waals surface area contributed by atoms with Crippen molar-refractivity contribution in [3.63, 3.8) is 0 Å². The number of aromatic nitrogens is 3. The van der Waals surface area contributed by atoms with Crippen LogP contribution in [0.3, 0.4) is 0 Å². The molecule has 0 saturated carbocycles. The molecule has 7 heteroatoms. The van der Waals surface area contributed by atoms with Crippen molar-refractivity contribution in [1.82, 2.24) is 15.0 Å². The molecule has 3 rings (SSSR count). The fraction of sp³-hybridized carbons (Fsp3) is 0.235. The highest BCUT2D eigenvalue weighted by Gasteiger charge is 2.05. The van der Waals surface area contributed by atoms with Gasteiger partial charge in [0.05, 0.1) is 0 Å². The number of phenolic OH excluding ortho intramolecular Hbond substituents is 1. The number of aliphatic imine (C=N–C) groups is 1. The van der Waals surface area contributed by atoms with Crippen LogP contribution in [-0.2, 0) is 6.42 Å². The fourth-order valence-corrected chi connectivity index (χ4v) is 2.61. The average molecular weight is 324 g/mol. The highest BCUT2D eigenvalue weighted by molar-refractivity contribution is 5.90. The summed E-state index contributed by atoms with van der Waals surface area (Å²) in [6.07, 6.45) is 2.63. The Balaban J connectivity index is 1.65. The topological polar surface area (TPSA) is 112 Å². The lowest BCUT2D eigenvalue weighted by molar-refractivity contribution is 0.476. The van der Waals surface area contributed by atoms with Crippen LogP contribution >= 0.6 is 0 Å². The second-order valence-electron chi connectivity index (χ2n) is 5.66. The van der Waals surface area contributed by atoms with E-state index in [0.29, 0.717) is 18.9 Å². The Morgan fingerprint density at radius 1 is 1.25 bits per heavy atom. The van der Waals surface area contributed by atoms with Gasteiger partial charge < -0.3 is 15.8 Å². The van der Waals surface area contributed by atoms with E-state index in [1.165, 1.54) is 0 Å². The van der Waals surface area contributed by atoms with Gasteiger partial charge in [0.1, 0.15) is 5.75 Å². The van der Waals surface area contributed by atoms with E-state index in [0.717, 1.165) is 27.9 Å². The maximum absolute atomic E-state index is 9.61. The van der Waals surface area contributed by atoms with E-state index in [2.05, 4.69) is 25.3 Å². The Morgan fingerprint density at radius 3 is 2.75 bits per heavy atom. The number of phenols is 1. The molecule has 7 nitrogen and oxygen atoms in total. The molecule has 0 aliphatic carbocycles. The lowest BCUT2D eigenvalue weighted by Gasteiger charge is -2.05.